The second-order valence-corrected chi connectivity index (χ2v) is 8.20. The topological polar surface area (TPSA) is 88.4 Å². The lowest BCUT2D eigenvalue weighted by Gasteiger charge is -2.12. The zero-order valence-corrected chi connectivity index (χ0v) is 16.0. The van der Waals surface area contributed by atoms with Gasteiger partial charge in [-0.15, -0.1) is 0 Å². The van der Waals surface area contributed by atoms with E-state index in [2.05, 4.69) is 10.0 Å². The molecule has 0 unspecified atom stereocenters. The van der Waals surface area contributed by atoms with Crippen LogP contribution in [0.2, 0.25) is 0 Å². The van der Waals surface area contributed by atoms with E-state index in [0.717, 1.165) is 16.5 Å². The van der Waals surface area contributed by atoms with Crippen LogP contribution >= 0.6 is 0 Å². The average Bonchev–Trinajstić information content (AvgIpc) is 3.06. The van der Waals surface area contributed by atoms with Crippen molar-refractivity contribution in [3.63, 3.8) is 0 Å². The monoisotopic (exact) mass is 386 g/mol. The van der Waals surface area contributed by atoms with Crippen LogP contribution in [0.4, 0.5) is 0 Å². The largest absolute Gasteiger partial charge is 0.459 e. The Kier molecular flexibility index (Phi) is 5.62. The molecule has 0 radical (unpaired) electrons. The van der Waals surface area contributed by atoms with Crippen LogP contribution in [0.5, 0.6) is 0 Å². The molecule has 0 saturated heterocycles. The molecule has 7 heteroatoms. The molecule has 1 aromatic heterocycles. The number of amides is 1. The van der Waals surface area contributed by atoms with Crippen LogP contribution in [-0.2, 0) is 14.8 Å². The summed E-state index contributed by atoms with van der Waals surface area (Å²) in [5.74, 6) is 0.402. The predicted octanol–water partition coefficient (Wildman–Crippen LogP) is 3.29. The maximum absolute atomic E-state index is 12.2. The molecular formula is C20H22N2O4S. The molecule has 0 aliphatic carbocycles. The third-order valence-corrected chi connectivity index (χ3v) is 5.70. The van der Waals surface area contributed by atoms with E-state index in [1.807, 2.05) is 44.2 Å². The lowest BCUT2D eigenvalue weighted by Crippen LogP contribution is -2.32. The standard InChI is InChI=1S/C20H22N2O4S/c1-14-7-9-17(10-8-14)27(24,25)21-12-11-20(23)22-15(2)19-13-16-5-3-4-6-18(16)26-19/h3-10,13,15,21H,11-12H2,1-2H3,(H,22,23)/t15-/m1/s1. The first kappa shape index (κ1) is 19.1. The van der Waals surface area contributed by atoms with Gasteiger partial charge in [0.15, 0.2) is 0 Å². The summed E-state index contributed by atoms with van der Waals surface area (Å²) in [7, 11) is -3.62. The Labute approximate surface area is 158 Å². The van der Waals surface area contributed by atoms with Gasteiger partial charge in [-0.2, -0.15) is 0 Å². The molecule has 2 N–H and O–H groups in total. The van der Waals surface area contributed by atoms with E-state index in [1.165, 1.54) is 0 Å². The summed E-state index contributed by atoms with van der Waals surface area (Å²) < 4.78 is 32.6. The fourth-order valence-electron chi connectivity index (χ4n) is 2.70. The lowest BCUT2D eigenvalue weighted by atomic mass is 10.2. The van der Waals surface area contributed by atoms with E-state index in [4.69, 9.17) is 4.42 Å². The molecule has 1 atom stereocenters. The fraction of sp³-hybridized carbons (Fsp3) is 0.250. The van der Waals surface area contributed by atoms with Crippen LogP contribution in [0.3, 0.4) is 0 Å². The van der Waals surface area contributed by atoms with Crippen LogP contribution in [-0.4, -0.2) is 20.9 Å². The molecule has 3 aromatic rings. The number of hydrogen-bond acceptors (Lipinski definition) is 4. The van der Waals surface area contributed by atoms with Gasteiger partial charge in [0.2, 0.25) is 15.9 Å². The summed E-state index contributed by atoms with van der Waals surface area (Å²) in [5, 5.41) is 3.79. The Morgan fingerprint density at radius 1 is 1.11 bits per heavy atom. The minimum absolute atomic E-state index is 0.0227. The Hall–Kier alpha value is -2.64. The van der Waals surface area contributed by atoms with E-state index in [9.17, 15) is 13.2 Å². The minimum Gasteiger partial charge on any atom is -0.459 e. The van der Waals surface area contributed by atoms with Crippen molar-refractivity contribution in [2.24, 2.45) is 0 Å². The lowest BCUT2D eigenvalue weighted by molar-refractivity contribution is -0.121. The van der Waals surface area contributed by atoms with E-state index < -0.39 is 10.0 Å². The Morgan fingerprint density at radius 3 is 2.52 bits per heavy atom. The van der Waals surface area contributed by atoms with E-state index in [-0.39, 0.29) is 29.8 Å². The summed E-state index contributed by atoms with van der Waals surface area (Å²) in [6.45, 7) is 3.73. The number of sulfonamides is 1. The number of furan rings is 1. The highest BCUT2D eigenvalue weighted by molar-refractivity contribution is 7.89. The molecule has 0 saturated carbocycles. The first-order chi connectivity index (χ1) is 12.8. The van der Waals surface area contributed by atoms with E-state index in [1.54, 1.807) is 24.3 Å². The zero-order valence-electron chi connectivity index (χ0n) is 15.2. The van der Waals surface area contributed by atoms with Gasteiger partial charge in [-0.05, 0) is 38.1 Å². The van der Waals surface area contributed by atoms with Crippen LogP contribution < -0.4 is 10.0 Å². The SMILES string of the molecule is Cc1ccc(S(=O)(=O)NCCC(=O)N[C@H](C)c2cc3ccccc3o2)cc1. The Bertz CT molecular complexity index is 1010. The maximum atomic E-state index is 12.2. The van der Waals surface area contributed by atoms with Gasteiger partial charge in [-0.3, -0.25) is 4.79 Å². The van der Waals surface area contributed by atoms with Crippen molar-refractivity contribution in [2.75, 3.05) is 6.54 Å². The molecule has 0 spiro atoms. The van der Waals surface area contributed by atoms with Gasteiger partial charge < -0.3 is 9.73 Å². The molecule has 1 heterocycles. The highest BCUT2D eigenvalue weighted by Gasteiger charge is 2.16. The van der Waals surface area contributed by atoms with Gasteiger partial charge in [0, 0.05) is 18.4 Å². The average molecular weight is 386 g/mol. The van der Waals surface area contributed by atoms with Crippen molar-refractivity contribution < 1.29 is 17.6 Å². The van der Waals surface area contributed by atoms with Crippen LogP contribution in [0, 0.1) is 6.92 Å². The number of rotatable bonds is 7. The number of aryl methyl sites for hydroxylation is 1. The predicted molar refractivity (Wildman–Crippen MR) is 104 cm³/mol. The second-order valence-electron chi connectivity index (χ2n) is 6.44. The number of fused-ring (bicyclic) bond motifs is 1. The fourth-order valence-corrected chi connectivity index (χ4v) is 3.73. The van der Waals surface area contributed by atoms with Gasteiger partial charge in [0.05, 0.1) is 10.9 Å². The number of carbonyl (C=O) groups excluding carboxylic acids is 1. The van der Waals surface area contributed by atoms with Crippen LogP contribution in [0.25, 0.3) is 11.0 Å². The number of hydrogen-bond donors (Lipinski definition) is 2. The Balaban J connectivity index is 1.52. The van der Waals surface area contributed by atoms with Crippen LogP contribution in [0.1, 0.15) is 30.7 Å². The van der Waals surface area contributed by atoms with Gasteiger partial charge in [-0.1, -0.05) is 35.9 Å². The summed E-state index contributed by atoms with van der Waals surface area (Å²) in [5.41, 5.74) is 1.74. The highest BCUT2D eigenvalue weighted by Crippen LogP contribution is 2.23. The summed E-state index contributed by atoms with van der Waals surface area (Å²) in [4.78, 5) is 12.3. The quantitative estimate of drug-likeness (QED) is 0.652. The number of para-hydroxylation sites is 1. The number of carbonyl (C=O) groups is 1. The molecule has 142 valence electrons. The normalized spacial score (nSPS) is 12.8. The third kappa shape index (κ3) is 4.75. The summed E-state index contributed by atoms with van der Waals surface area (Å²) >= 11 is 0. The maximum Gasteiger partial charge on any atom is 0.240 e. The smallest absolute Gasteiger partial charge is 0.240 e. The van der Waals surface area contributed by atoms with Gasteiger partial charge in [0.1, 0.15) is 11.3 Å². The van der Waals surface area contributed by atoms with Gasteiger partial charge in [0.25, 0.3) is 0 Å². The van der Waals surface area contributed by atoms with Crippen molar-refractivity contribution in [3.8, 4) is 0 Å². The molecule has 0 aliphatic rings. The third-order valence-electron chi connectivity index (χ3n) is 4.22. The first-order valence-corrected chi connectivity index (χ1v) is 10.2. The molecular weight excluding hydrogens is 364 g/mol. The van der Waals surface area contributed by atoms with Crippen molar-refractivity contribution in [2.45, 2.75) is 31.2 Å². The number of nitrogens with one attached hydrogen (secondary N) is 2. The summed E-state index contributed by atoms with van der Waals surface area (Å²) in [6, 6.07) is 15.8. The molecule has 2 aromatic carbocycles. The molecule has 0 fully saturated rings. The van der Waals surface area contributed by atoms with E-state index in [0.29, 0.717) is 5.76 Å². The second kappa shape index (κ2) is 7.94. The van der Waals surface area contributed by atoms with E-state index >= 15 is 0 Å². The molecule has 6 nitrogen and oxygen atoms in total. The Morgan fingerprint density at radius 2 is 1.81 bits per heavy atom. The van der Waals surface area contributed by atoms with Crippen molar-refractivity contribution >= 4 is 26.9 Å². The van der Waals surface area contributed by atoms with Crippen molar-refractivity contribution in [3.05, 3.63) is 65.9 Å². The minimum atomic E-state index is -3.62. The zero-order chi connectivity index (χ0) is 19.4. The van der Waals surface area contributed by atoms with Gasteiger partial charge >= 0.3 is 0 Å². The highest BCUT2D eigenvalue weighted by atomic mass is 32.2. The molecule has 1 amide bonds. The van der Waals surface area contributed by atoms with Gasteiger partial charge in [-0.25, -0.2) is 13.1 Å². The van der Waals surface area contributed by atoms with Crippen molar-refractivity contribution in [1.82, 2.24) is 10.0 Å². The number of benzene rings is 2. The molecule has 27 heavy (non-hydrogen) atoms. The van der Waals surface area contributed by atoms with Crippen molar-refractivity contribution in [1.29, 1.82) is 0 Å². The molecule has 0 bridgehead atoms. The molecule has 0 aliphatic heterocycles. The first-order valence-electron chi connectivity index (χ1n) is 8.69. The summed E-state index contributed by atoms with van der Waals surface area (Å²) in [6.07, 6.45) is 0.0374. The van der Waals surface area contributed by atoms with Crippen LogP contribution in [0.15, 0.2) is 63.9 Å². The molecule has 3 rings (SSSR count).